The number of benzene rings is 1. The zero-order chi connectivity index (χ0) is 15.5. The van der Waals surface area contributed by atoms with Crippen molar-refractivity contribution in [1.29, 1.82) is 0 Å². The maximum atomic E-state index is 13.5. The predicted molar refractivity (Wildman–Crippen MR) is 64.5 cm³/mol. The van der Waals surface area contributed by atoms with E-state index in [1.807, 2.05) is 4.72 Å². The lowest BCUT2D eigenvalue weighted by Gasteiger charge is -2.14. The van der Waals surface area contributed by atoms with Gasteiger partial charge in [0.05, 0.1) is 11.5 Å². The molecule has 0 aliphatic rings. The standard InChI is InChI=1S/C10H12F2N2O5S/c1-2-6(5-15)13-20(18,19)10-4-9(14(16)17)7(11)3-8(10)12/h3-4,6,13,15H,2,5H2,1H3. The van der Waals surface area contributed by atoms with Crippen molar-refractivity contribution in [3.8, 4) is 0 Å². The maximum absolute atomic E-state index is 13.5. The molecule has 112 valence electrons. The van der Waals surface area contributed by atoms with E-state index in [0.29, 0.717) is 6.07 Å². The molecule has 0 bridgehead atoms. The summed E-state index contributed by atoms with van der Waals surface area (Å²) in [5.74, 6) is -2.92. The number of nitro groups is 1. The summed E-state index contributed by atoms with van der Waals surface area (Å²) >= 11 is 0. The topological polar surface area (TPSA) is 110 Å². The first-order valence-electron chi connectivity index (χ1n) is 5.49. The molecule has 1 aromatic carbocycles. The van der Waals surface area contributed by atoms with Gasteiger partial charge in [-0.15, -0.1) is 0 Å². The molecular formula is C10H12F2N2O5S. The average Bonchev–Trinajstić information content (AvgIpc) is 2.35. The molecule has 7 nitrogen and oxygen atoms in total. The van der Waals surface area contributed by atoms with Crippen molar-refractivity contribution < 1.29 is 27.2 Å². The van der Waals surface area contributed by atoms with Crippen LogP contribution in [0.3, 0.4) is 0 Å². The molecule has 0 heterocycles. The van der Waals surface area contributed by atoms with E-state index in [1.165, 1.54) is 0 Å². The predicted octanol–water partition coefficient (Wildman–Crippen LogP) is 0.922. The lowest BCUT2D eigenvalue weighted by atomic mass is 10.3. The Morgan fingerprint density at radius 1 is 1.40 bits per heavy atom. The number of aliphatic hydroxyl groups excluding tert-OH is 1. The van der Waals surface area contributed by atoms with Gasteiger partial charge in [0.25, 0.3) is 0 Å². The first-order chi connectivity index (χ1) is 9.22. The summed E-state index contributed by atoms with van der Waals surface area (Å²) < 4.78 is 52.3. The van der Waals surface area contributed by atoms with Crippen LogP contribution < -0.4 is 4.72 Å². The molecular weight excluding hydrogens is 298 g/mol. The van der Waals surface area contributed by atoms with Crippen LogP contribution in [-0.4, -0.2) is 31.1 Å². The van der Waals surface area contributed by atoms with Gasteiger partial charge >= 0.3 is 5.69 Å². The SMILES string of the molecule is CCC(CO)NS(=O)(=O)c1cc([N+](=O)[O-])c(F)cc1F. The number of nitro benzene ring substituents is 1. The Labute approximate surface area is 113 Å². The smallest absolute Gasteiger partial charge is 0.306 e. The molecule has 0 radical (unpaired) electrons. The fourth-order valence-electron chi connectivity index (χ4n) is 1.40. The molecule has 0 saturated carbocycles. The zero-order valence-corrected chi connectivity index (χ0v) is 11.2. The van der Waals surface area contributed by atoms with Crippen LogP contribution >= 0.6 is 0 Å². The lowest BCUT2D eigenvalue weighted by Crippen LogP contribution is -2.37. The van der Waals surface area contributed by atoms with Crippen LogP contribution in [0.15, 0.2) is 17.0 Å². The Morgan fingerprint density at radius 2 is 2.00 bits per heavy atom. The summed E-state index contributed by atoms with van der Waals surface area (Å²) in [7, 11) is -4.44. The van der Waals surface area contributed by atoms with E-state index in [2.05, 4.69) is 0 Å². The third-order valence-electron chi connectivity index (χ3n) is 2.52. The highest BCUT2D eigenvalue weighted by atomic mass is 32.2. The van der Waals surface area contributed by atoms with Crippen LogP contribution in [0.2, 0.25) is 0 Å². The van der Waals surface area contributed by atoms with E-state index in [0.717, 1.165) is 0 Å². The minimum Gasteiger partial charge on any atom is -0.395 e. The fourth-order valence-corrected chi connectivity index (χ4v) is 2.79. The second-order valence-electron chi connectivity index (χ2n) is 3.90. The summed E-state index contributed by atoms with van der Waals surface area (Å²) in [5, 5.41) is 19.4. The van der Waals surface area contributed by atoms with Gasteiger partial charge < -0.3 is 5.11 Å². The second kappa shape index (κ2) is 6.20. The molecule has 0 fully saturated rings. The van der Waals surface area contributed by atoms with E-state index in [1.54, 1.807) is 6.92 Å². The monoisotopic (exact) mass is 310 g/mol. The van der Waals surface area contributed by atoms with E-state index in [9.17, 15) is 27.3 Å². The van der Waals surface area contributed by atoms with E-state index in [-0.39, 0.29) is 12.5 Å². The van der Waals surface area contributed by atoms with Gasteiger partial charge in [-0.3, -0.25) is 10.1 Å². The Balaban J connectivity index is 3.31. The van der Waals surface area contributed by atoms with E-state index in [4.69, 9.17) is 5.11 Å². The molecule has 1 atom stereocenters. The number of aliphatic hydroxyl groups is 1. The number of hydrogen-bond donors (Lipinski definition) is 2. The number of hydrogen-bond acceptors (Lipinski definition) is 5. The van der Waals surface area contributed by atoms with Crippen LogP contribution in [0.1, 0.15) is 13.3 Å². The van der Waals surface area contributed by atoms with Crippen molar-refractivity contribution in [1.82, 2.24) is 4.72 Å². The molecule has 10 heteroatoms. The number of nitrogens with zero attached hydrogens (tertiary/aromatic N) is 1. The van der Waals surface area contributed by atoms with Crippen molar-refractivity contribution >= 4 is 15.7 Å². The number of rotatable bonds is 6. The van der Waals surface area contributed by atoms with Gasteiger partial charge in [-0.05, 0) is 6.42 Å². The van der Waals surface area contributed by atoms with Gasteiger partial charge in [0.15, 0.2) is 0 Å². The lowest BCUT2D eigenvalue weighted by molar-refractivity contribution is -0.387. The number of sulfonamides is 1. The van der Waals surface area contributed by atoms with Gasteiger partial charge in [0, 0.05) is 18.2 Å². The van der Waals surface area contributed by atoms with Crippen molar-refractivity contribution in [3.63, 3.8) is 0 Å². The molecule has 20 heavy (non-hydrogen) atoms. The van der Waals surface area contributed by atoms with Crippen LogP contribution in [0.4, 0.5) is 14.5 Å². The molecule has 0 amide bonds. The normalized spacial score (nSPS) is 13.2. The number of halogens is 2. The fraction of sp³-hybridized carbons (Fsp3) is 0.400. The minimum atomic E-state index is -4.44. The summed E-state index contributed by atoms with van der Waals surface area (Å²) in [6.45, 7) is 1.05. The minimum absolute atomic E-state index is 0.132. The Kier molecular flexibility index (Phi) is 5.09. The quantitative estimate of drug-likeness (QED) is 0.600. The molecule has 1 rings (SSSR count). The van der Waals surface area contributed by atoms with Gasteiger partial charge in [-0.2, -0.15) is 4.39 Å². The highest BCUT2D eigenvalue weighted by molar-refractivity contribution is 7.89. The average molecular weight is 310 g/mol. The van der Waals surface area contributed by atoms with Gasteiger partial charge in [0.2, 0.25) is 15.8 Å². The highest BCUT2D eigenvalue weighted by Crippen LogP contribution is 2.24. The van der Waals surface area contributed by atoms with Crippen LogP contribution in [-0.2, 0) is 10.0 Å². The zero-order valence-electron chi connectivity index (χ0n) is 10.3. The maximum Gasteiger partial charge on any atom is 0.306 e. The Bertz CT molecular complexity index is 616. The van der Waals surface area contributed by atoms with E-state index >= 15 is 0 Å². The van der Waals surface area contributed by atoms with E-state index < -0.39 is 49.8 Å². The summed E-state index contributed by atoms with van der Waals surface area (Å²) in [4.78, 5) is 8.34. The molecule has 0 spiro atoms. The molecule has 0 saturated heterocycles. The number of nitrogens with one attached hydrogen (secondary N) is 1. The van der Waals surface area contributed by atoms with Crippen LogP contribution in [0.25, 0.3) is 0 Å². The summed E-state index contributed by atoms with van der Waals surface area (Å²) in [6, 6.07) is -0.438. The third kappa shape index (κ3) is 3.46. The van der Waals surface area contributed by atoms with Gasteiger partial charge in [0.1, 0.15) is 10.7 Å². The van der Waals surface area contributed by atoms with Crippen molar-refractivity contribution in [3.05, 3.63) is 33.9 Å². The third-order valence-corrected chi connectivity index (χ3v) is 4.06. The first-order valence-corrected chi connectivity index (χ1v) is 6.97. The summed E-state index contributed by atoms with van der Waals surface area (Å²) in [5.41, 5.74) is -1.15. The molecule has 1 aromatic rings. The van der Waals surface area contributed by atoms with Crippen molar-refractivity contribution in [2.75, 3.05) is 6.61 Å². The van der Waals surface area contributed by atoms with Crippen molar-refractivity contribution in [2.24, 2.45) is 0 Å². The second-order valence-corrected chi connectivity index (χ2v) is 5.58. The van der Waals surface area contributed by atoms with Crippen LogP contribution in [0, 0.1) is 21.7 Å². The molecule has 0 aliphatic carbocycles. The van der Waals surface area contributed by atoms with Gasteiger partial charge in [-0.25, -0.2) is 17.5 Å². The molecule has 1 unspecified atom stereocenters. The first kappa shape index (κ1) is 16.4. The molecule has 2 N–H and O–H groups in total. The largest absolute Gasteiger partial charge is 0.395 e. The Morgan fingerprint density at radius 3 is 2.45 bits per heavy atom. The Hall–Kier alpha value is -1.65. The molecule has 0 aliphatic heterocycles. The highest BCUT2D eigenvalue weighted by Gasteiger charge is 2.27. The summed E-state index contributed by atoms with van der Waals surface area (Å²) in [6.07, 6.45) is 0.223. The van der Waals surface area contributed by atoms with Crippen molar-refractivity contribution in [2.45, 2.75) is 24.3 Å². The molecule has 0 aromatic heterocycles. The van der Waals surface area contributed by atoms with Gasteiger partial charge in [-0.1, -0.05) is 6.92 Å². The van der Waals surface area contributed by atoms with Crippen LogP contribution in [0.5, 0.6) is 0 Å².